The highest BCUT2D eigenvalue weighted by atomic mass is 16.5. The van der Waals surface area contributed by atoms with E-state index in [9.17, 15) is 0 Å². The summed E-state index contributed by atoms with van der Waals surface area (Å²) in [5, 5.41) is 3.50. The van der Waals surface area contributed by atoms with Crippen molar-refractivity contribution in [2.24, 2.45) is 0 Å². The Hall–Kier alpha value is -0.760. The van der Waals surface area contributed by atoms with Gasteiger partial charge in [-0.1, -0.05) is 5.57 Å². The van der Waals surface area contributed by atoms with Gasteiger partial charge in [-0.3, -0.25) is 0 Å². The van der Waals surface area contributed by atoms with Crippen molar-refractivity contribution in [3.05, 3.63) is 24.0 Å². The maximum absolute atomic E-state index is 5.49. The van der Waals surface area contributed by atoms with Crippen molar-refractivity contribution >= 4 is 0 Å². The van der Waals surface area contributed by atoms with Crippen LogP contribution in [0.5, 0.6) is 0 Å². The van der Waals surface area contributed by atoms with Gasteiger partial charge in [0.05, 0.1) is 6.26 Å². The summed E-state index contributed by atoms with van der Waals surface area (Å²) in [6.45, 7) is 3.20. The van der Waals surface area contributed by atoms with Crippen molar-refractivity contribution < 1.29 is 4.74 Å². The Labute approximate surface area is 86.0 Å². The van der Waals surface area contributed by atoms with E-state index in [1.54, 1.807) is 0 Å². The molecule has 1 aliphatic heterocycles. The van der Waals surface area contributed by atoms with Crippen molar-refractivity contribution in [1.82, 2.24) is 5.32 Å². The van der Waals surface area contributed by atoms with Crippen LogP contribution in [-0.4, -0.2) is 18.7 Å². The SMILES string of the molecule is C/C(=C\C1CCC=CO1)CNC1CC1. The zero-order valence-corrected chi connectivity index (χ0v) is 8.83. The molecule has 2 aliphatic rings. The molecule has 0 aromatic carbocycles. The summed E-state index contributed by atoms with van der Waals surface area (Å²) in [5.41, 5.74) is 1.40. The summed E-state index contributed by atoms with van der Waals surface area (Å²) in [6.07, 6.45) is 11.4. The van der Waals surface area contributed by atoms with Gasteiger partial charge in [0.2, 0.25) is 0 Å². The summed E-state index contributed by atoms with van der Waals surface area (Å²) in [6, 6.07) is 0.797. The second-order valence-corrected chi connectivity index (χ2v) is 4.29. The molecule has 14 heavy (non-hydrogen) atoms. The van der Waals surface area contributed by atoms with E-state index in [1.807, 2.05) is 6.26 Å². The predicted molar refractivity (Wildman–Crippen MR) is 58.0 cm³/mol. The van der Waals surface area contributed by atoms with Gasteiger partial charge in [-0.05, 0) is 44.8 Å². The molecular formula is C12H19NO. The van der Waals surface area contributed by atoms with Gasteiger partial charge in [-0.2, -0.15) is 0 Å². The maximum atomic E-state index is 5.49. The van der Waals surface area contributed by atoms with Gasteiger partial charge in [0, 0.05) is 12.6 Å². The molecule has 1 aliphatic carbocycles. The topological polar surface area (TPSA) is 21.3 Å². The Morgan fingerprint density at radius 1 is 1.50 bits per heavy atom. The molecule has 2 heteroatoms. The molecule has 78 valence electrons. The number of hydrogen-bond acceptors (Lipinski definition) is 2. The predicted octanol–water partition coefficient (Wildman–Crippen LogP) is 2.38. The molecule has 0 radical (unpaired) electrons. The van der Waals surface area contributed by atoms with Crippen LogP contribution in [0.25, 0.3) is 0 Å². The standard InChI is InChI=1S/C12H19NO/c1-10(9-13-11-5-6-11)8-12-4-2-3-7-14-12/h3,7-8,11-13H,2,4-6,9H2,1H3/b10-8+. The molecule has 1 atom stereocenters. The van der Waals surface area contributed by atoms with Crippen molar-refractivity contribution in [3.63, 3.8) is 0 Å². The minimum Gasteiger partial charge on any atom is -0.494 e. The third-order valence-electron chi connectivity index (χ3n) is 2.68. The van der Waals surface area contributed by atoms with Crippen LogP contribution in [0.4, 0.5) is 0 Å². The van der Waals surface area contributed by atoms with Gasteiger partial charge in [0.15, 0.2) is 0 Å². The summed E-state index contributed by atoms with van der Waals surface area (Å²) < 4.78 is 5.49. The fourth-order valence-corrected chi connectivity index (χ4v) is 1.64. The molecule has 0 amide bonds. The first-order valence-electron chi connectivity index (χ1n) is 5.56. The Bertz CT molecular complexity index is 241. The Balaban J connectivity index is 1.73. The number of nitrogens with one attached hydrogen (secondary N) is 1. The van der Waals surface area contributed by atoms with Gasteiger partial charge >= 0.3 is 0 Å². The second-order valence-electron chi connectivity index (χ2n) is 4.29. The van der Waals surface area contributed by atoms with E-state index in [0.717, 1.165) is 25.4 Å². The lowest BCUT2D eigenvalue weighted by molar-refractivity contribution is 0.164. The fraction of sp³-hybridized carbons (Fsp3) is 0.667. The van der Waals surface area contributed by atoms with E-state index in [-0.39, 0.29) is 0 Å². The van der Waals surface area contributed by atoms with Crippen molar-refractivity contribution in [2.45, 2.75) is 44.8 Å². The van der Waals surface area contributed by atoms with Crippen LogP contribution < -0.4 is 5.32 Å². The molecule has 0 saturated heterocycles. The van der Waals surface area contributed by atoms with E-state index in [4.69, 9.17) is 4.74 Å². The normalized spacial score (nSPS) is 27.5. The van der Waals surface area contributed by atoms with Gasteiger partial charge in [0.1, 0.15) is 6.10 Å². The molecule has 1 N–H and O–H groups in total. The zero-order valence-electron chi connectivity index (χ0n) is 8.83. The van der Waals surface area contributed by atoms with Gasteiger partial charge in [-0.25, -0.2) is 0 Å². The van der Waals surface area contributed by atoms with E-state index in [1.165, 1.54) is 18.4 Å². The van der Waals surface area contributed by atoms with Crippen LogP contribution in [0.2, 0.25) is 0 Å². The van der Waals surface area contributed by atoms with Crippen LogP contribution in [0.1, 0.15) is 32.6 Å². The lowest BCUT2D eigenvalue weighted by atomic mass is 10.1. The molecular weight excluding hydrogens is 174 g/mol. The Kier molecular flexibility index (Phi) is 3.25. The van der Waals surface area contributed by atoms with Crippen LogP contribution in [0.15, 0.2) is 24.0 Å². The van der Waals surface area contributed by atoms with E-state index in [0.29, 0.717) is 6.10 Å². The number of allylic oxidation sites excluding steroid dienone is 1. The average Bonchev–Trinajstić information content (AvgIpc) is 3.00. The summed E-state index contributed by atoms with van der Waals surface area (Å²) >= 11 is 0. The monoisotopic (exact) mass is 193 g/mol. The lowest BCUT2D eigenvalue weighted by Gasteiger charge is -2.16. The smallest absolute Gasteiger partial charge is 0.116 e. The van der Waals surface area contributed by atoms with E-state index in [2.05, 4.69) is 24.4 Å². The molecule has 1 unspecified atom stereocenters. The summed E-state index contributed by atoms with van der Waals surface area (Å²) in [7, 11) is 0. The first kappa shape index (κ1) is 9.78. The van der Waals surface area contributed by atoms with Gasteiger partial charge in [-0.15, -0.1) is 0 Å². The molecule has 0 aromatic heterocycles. The first-order chi connectivity index (χ1) is 6.84. The molecule has 0 spiro atoms. The minimum atomic E-state index is 0.306. The van der Waals surface area contributed by atoms with Crippen LogP contribution in [0, 0.1) is 0 Å². The highest BCUT2D eigenvalue weighted by Gasteiger charge is 2.20. The average molecular weight is 193 g/mol. The van der Waals surface area contributed by atoms with Crippen molar-refractivity contribution in [3.8, 4) is 0 Å². The molecule has 0 aromatic rings. The van der Waals surface area contributed by atoms with Crippen molar-refractivity contribution in [2.75, 3.05) is 6.54 Å². The van der Waals surface area contributed by atoms with Crippen molar-refractivity contribution in [1.29, 1.82) is 0 Å². The summed E-state index contributed by atoms with van der Waals surface area (Å²) in [4.78, 5) is 0. The highest BCUT2D eigenvalue weighted by molar-refractivity contribution is 5.07. The number of ether oxygens (including phenoxy) is 1. The largest absolute Gasteiger partial charge is 0.494 e. The second kappa shape index (κ2) is 4.65. The summed E-state index contributed by atoms with van der Waals surface area (Å²) in [5.74, 6) is 0. The third kappa shape index (κ3) is 3.18. The molecule has 2 rings (SSSR count). The Morgan fingerprint density at radius 3 is 3.00 bits per heavy atom. The van der Waals surface area contributed by atoms with Crippen LogP contribution in [-0.2, 0) is 4.74 Å². The highest BCUT2D eigenvalue weighted by Crippen LogP contribution is 2.19. The molecule has 1 saturated carbocycles. The zero-order chi connectivity index (χ0) is 9.80. The number of rotatable bonds is 4. The number of hydrogen-bond donors (Lipinski definition) is 1. The quantitative estimate of drug-likeness (QED) is 0.692. The van der Waals surface area contributed by atoms with Crippen LogP contribution in [0.3, 0.4) is 0 Å². The van der Waals surface area contributed by atoms with Crippen LogP contribution >= 0.6 is 0 Å². The molecule has 1 heterocycles. The van der Waals surface area contributed by atoms with Gasteiger partial charge < -0.3 is 10.1 Å². The third-order valence-corrected chi connectivity index (χ3v) is 2.68. The first-order valence-corrected chi connectivity index (χ1v) is 5.56. The maximum Gasteiger partial charge on any atom is 0.116 e. The minimum absolute atomic E-state index is 0.306. The Morgan fingerprint density at radius 2 is 2.36 bits per heavy atom. The molecule has 0 bridgehead atoms. The molecule has 1 fully saturated rings. The van der Waals surface area contributed by atoms with Gasteiger partial charge in [0.25, 0.3) is 0 Å². The fourth-order valence-electron chi connectivity index (χ4n) is 1.64. The van der Waals surface area contributed by atoms with E-state index < -0.39 is 0 Å². The van der Waals surface area contributed by atoms with E-state index >= 15 is 0 Å². The lowest BCUT2D eigenvalue weighted by Crippen LogP contribution is -2.19. The molecule has 2 nitrogen and oxygen atoms in total.